The molecule has 27 heavy (non-hydrogen) atoms. The Morgan fingerprint density at radius 3 is 2.93 bits per heavy atom. The SMILES string of the molecule is COc1cn(Cc2cccc(F)c2)c(NC2=CC(C)=C(Cl)CC2C)nc1=O. The van der Waals surface area contributed by atoms with Crippen LogP contribution in [0, 0.1) is 11.7 Å². The predicted octanol–water partition coefficient (Wildman–Crippen LogP) is 4.29. The molecule has 0 amide bonds. The van der Waals surface area contributed by atoms with Crippen LogP contribution in [0.1, 0.15) is 25.8 Å². The molecule has 1 N–H and O–H groups in total. The molecular formula is C20H21ClFN3O2. The van der Waals surface area contributed by atoms with Crippen molar-refractivity contribution < 1.29 is 9.13 Å². The van der Waals surface area contributed by atoms with Crippen LogP contribution in [0.2, 0.25) is 0 Å². The van der Waals surface area contributed by atoms with Crippen LogP contribution in [0.5, 0.6) is 5.75 Å². The molecule has 0 radical (unpaired) electrons. The van der Waals surface area contributed by atoms with E-state index in [1.165, 1.54) is 19.2 Å². The van der Waals surface area contributed by atoms with Crippen LogP contribution in [-0.4, -0.2) is 16.7 Å². The van der Waals surface area contributed by atoms with Gasteiger partial charge in [-0.1, -0.05) is 30.7 Å². The van der Waals surface area contributed by atoms with E-state index in [0.29, 0.717) is 12.5 Å². The molecule has 1 heterocycles. The highest BCUT2D eigenvalue weighted by atomic mass is 35.5. The number of benzene rings is 1. The molecule has 1 atom stereocenters. The van der Waals surface area contributed by atoms with E-state index in [9.17, 15) is 9.18 Å². The first-order chi connectivity index (χ1) is 12.9. The van der Waals surface area contributed by atoms with Gasteiger partial charge in [-0.25, -0.2) is 4.39 Å². The standard InChI is InChI=1S/C20H21ClFN3O2/c1-12-8-17(13(2)7-16(12)21)23-20-24-19(26)18(27-3)11-25(20)10-14-5-4-6-15(22)9-14/h4-6,8-9,11,13H,7,10H2,1-3H3,(H,23,24,26). The zero-order valence-corrected chi connectivity index (χ0v) is 16.2. The number of methoxy groups -OCH3 is 1. The quantitative estimate of drug-likeness (QED) is 0.828. The summed E-state index contributed by atoms with van der Waals surface area (Å²) in [5, 5.41) is 4.07. The topological polar surface area (TPSA) is 56.1 Å². The maximum atomic E-state index is 13.5. The second kappa shape index (κ2) is 7.96. The van der Waals surface area contributed by atoms with Gasteiger partial charge in [-0.05, 0) is 42.7 Å². The van der Waals surface area contributed by atoms with Crippen LogP contribution in [0.3, 0.4) is 0 Å². The lowest BCUT2D eigenvalue weighted by Gasteiger charge is -2.24. The second-order valence-corrected chi connectivity index (χ2v) is 7.07. The zero-order valence-electron chi connectivity index (χ0n) is 15.4. The number of nitrogens with one attached hydrogen (secondary N) is 1. The molecule has 0 fully saturated rings. The van der Waals surface area contributed by atoms with Crippen molar-refractivity contribution in [2.24, 2.45) is 5.92 Å². The number of ether oxygens (including phenoxy) is 1. The van der Waals surface area contributed by atoms with Crippen molar-refractivity contribution in [3.8, 4) is 5.75 Å². The smallest absolute Gasteiger partial charge is 0.316 e. The maximum Gasteiger partial charge on any atom is 0.316 e. The van der Waals surface area contributed by atoms with E-state index in [4.69, 9.17) is 16.3 Å². The van der Waals surface area contributed by atoms with Gasteiger partial charge in [0.15, 0.2) is 0 Å². The van der Waals surface area contributed by atoms with Crippen molar-refractivity contribution in [3.05, 3.63) is 74.6 Å². The van der Waals surface area contributed by atoms with E-state index < -0.39 is 5.56 Å². The van der Waals surface area contributed by atoms with E-state index in [1.54, 1.807) is 16.8 Å². The van der Waals surface area contributed by atoms with Gasteiger partial charge in [-0.2, -0.15) is 4.98 Å². The Balaban J connectivity index is 2.00. The normalized spacial score (nSPS) is 16.9. The van der Waals surface area contributed by atoms with Crippen molar-refractivity contribution in [2.75, 3.05) is 12.4 Å². The average Bonchev–Trinajstić information content (AvgIpc) is 2.61. The Hall–Kier alpha value is -2.60. The molecule has 7 heteroatoms. The van der Waals surface area contributed by atoms with E-state index in [-0.39, 0.29) is 17.5 Å². The van der Waals surface area contributed by atoms with Gasteiger partial charge in [0, 0.05) is 16.6 Å². The van der Waals surface area contributed by atoms with Crippen molar-refractivity contribution in [1.29, 1.82) is 0 Å². The van der Waals surface area contributed by atoms with Gasteiger partial charge in [-0.15, -0.1) is 0 Å². The lowest BCUT2D eigenvalue weighted by Crippen LogP contribution is -2.22. The largest absolute Gasteiger partial charge is 0.490 e. The Kier molecular flexibility index (Phi) is 5.65. The first-order valence-electron chi connectivity index (χ1n) is 8.61. The summed E-state index contributed by atoms with van der Waals surface area (Å²) in [6, 6.07) is 6.29. The van der Waals surface area contributed by atoms with E-state index in [0.717, 1.165) is 28.3 Å². The average molecular weight is 390 g/mol. The monoisotopic (exact) mass is 389 g/mol. The van der Waals surface area contributed by atoms with Gasteiger partial charge in [0.2, 0.25) is 11.7 Å². The van der Waals surface area contributed by atoms with Gasteiger partial charge >= 0.3 is 5.56 Å². The van der Waals surface area contributed by atoms with E-state index in [1.807, 2.05) is 26.0 Å². The van der Waals surface area contributed by atoms with E-state index in [2.05, 4.69) is 10.3 Å². The molecule has 2 aromatic rings. The molecular weight excluding hydrogens is 369 g/mol. The van der Waals surface area contributed by atoms with Crippen LogP contribution in [0.4, 0.5) is 10.3 Å². The number of anilines is 1. The Bertz CT molecular complexity index is 981. The Morgan fingerprint density at radius 1 is 1.44 bits per heavy atom. The van der Waals surface area contributed by atoms with Crippen molar-refractivity contribution in [1.82, 2.24) is 9.55 Å². The molecule has 0 bridgehead atoms. The molecule has 5 nitrogen and oxygen atoms in total. The number of nitrogens with zero attached hydrogens (tertiary/aromatic N) is 2. The summed E-state index contributed by atoms with van der Waals surface area (Å²) in [7, 11) is 1.42. The van der Waals surface area contributed by atoms with E-state index >= 15 is 0 Å². The lowest BCUT2D eigenvalue weighted by atomic mass is 9.95. The molecule has 142 valence electrons. The van der Waals surface area contributed by atoms with Crippen LogP contribution in [0.25, 0.3) is 0 Å². The molecule has 0 saturated carbocycles. The molecule has 1 unspecified atom stereocenters. The maximum absolute atomic E-state index is 13.5. The summed E-state index contributed by atoms with van der Waals surface area (Å²) in [6.07, 6.45) is 4.25. The van der Waals surface area contributed by atoms with Crippen LogP contribution >= 0.6 is 11.6 Å². The van der Waals surface area contributed by atoms with Crippen LogP contribution < -0.4 is 15.6 Å². The number of aromatic nitrogens is 2. The molecule has 0 saturated heterocycles. The number of halogens is 2. The van der Waals surface area contributed by atoms with Crippen LogP contribution in [0.15, 0.2) is 57.6 Å². The highest BCUT2D eigenvalue weighted by molar-refractivity contribution is 6.30. The molecule has 1 aliphatic rings. The minimum absolute atomic E-state index is 0.127. The highest BCUT2D eigenvalue weighted by Crippen LogP contribution is 2.31. The minimum atomic E-state index is -0.468. The first kappa shape index (κ1) is 19.2. The third-order valence-electron chi connectivity index (χ3n) is 4.50. The summed E-state index contributed by atoms with van der Waals surface area (Å²) in [5.74, 6) is 0.334. The number of hydrogen-bond donors (Lipinski definition) is 1. The molecule has 0 aliphatic heterocycles. The fourth-order valence-electron chi connectivity index (χ4n) is 2.95. The lowest BCUT2D eigenvalue weighted by molar-refractivity contribution is 0.402. The molecule has 1 aliphatic carbocycles. The number of rotatable bonds is 5. The number of hydrogen-bond acceptors (Lipinski definition) is 4. The second-order valence-electron chi connectivity index (χ2n) is 6.61. The zero-order chi connectivity index (χ0) is 19.6. The summed E-state index contributed by atoms with van der Waals surface area (Å²) in [5.41, 5.74) is 2.17. The Labute approximate surface area is 162 Å². The third kappa shape index (κ3) is 4.39. The molecule has 1 aromatic heterocycles. The molecule has 3 rings (SSSR count). The molecule has 1 aromatic carbocycles. The van der Waals surface area contributed by atoms with Crippen molar-refractivity contribution >= 4 is 17.5 Å². The Morgan fingerprint density at radius 2 is 2.22 bits per heavy atom. The van der Waals surface area contributed by atoms with Crippen molar-refractivity contribution in [3.63, 3.8) is 0 Å². The summed E-state index contributed by atoms with van der Waals surface area (Å²) in [6.45, 7) is 4.32. The van der Waals surface area contributed by atoms with Gasteiger partial charge in [0.05, 0.1) is 19.9 Å². The first-order valence-corrected chi connectivity index (χ1v) is 8.99. The van der Waals surface area contributed by atoms with Gasteiger partial charge in [0.1, 0.15) is 5.82 Å². The summed E-state index contributed by atoms with van der Waals surface area (Å²) < 4.78 is 20.4. The summed E-state index contributed by atoms with van der Waals surface area (Å²) >= 11 is 6.23. The number of allylic oxidation sites excluding steroid dienone is 4. The van der Waals surface area contributed by atoms with Gasteiger partial charge < -0.3 is 14.6 Å². The minimum Gasteiger partial charge on any atom is -0.490 e. The van der Waals surface area contributed by atoms with Gasteiger partial charge in [0.25, 0.3) is 0 Å². The predicted molar refractivity (Wildman–Crippen MR) is 105 cm³/mol. The third-order valence-corrected chi connectivity index (χ3v) is 4.95. The summed E-state index contributed by atoms with van der Waals surface area (Å²) in [4.78, 5) is 16.3. The highest BCUT2D eigenvalue weighted by Gasteiger charge is 2.19. The fraction of sp³-hybridized carbons (Fsp3) is 0.300. The molecule has 0 spiro atoms. The fourth-order valence-corrected chi connectivity index (χ4v) is 3.23. The van der Waals surface area contributed by atoms with Crippen molar-refractivity contribution in [2.45, 2.75) is 26.8 Å². The van der Waals surface area contributed by atoms with Crippen LogP contribution in [-0.2, 0) is 6.54 Å². The van der Waals surface area contributed by atoms with Gasteiger partial charge in [-0.3, -0.25) is 4.79 Å².